The molecule has 0 radical (unpaired) electrons. The molecule has 2 aromatic rings. The van der Waals surface area contributed by atoms with E-state index in [1.807, 2.05) is 6.07 Å². The largest absolute Gasteiger partial charge is 0.493 e. The molecule has 31 heavy (non-hydrogen) atoms. The molecule has 1 saturated carbocycles. The number of ether oxygens (including phenoxy) is 1. The number of alkyl halides is 3. The van der Waals surface area contributed by atoms with E-state index < -0.39 is 21.8 Å². The van der Waals surface area contributed by atoms with Crippen LogP contribution in [0.25, 0.3) is 0 Å². The van der Waals surface area contributed by atoms with Crippen molar-refractivity contribution in [1.29, 1.82) is 0 Å². The molecule has 0 saturated heterocycles. The smallest absolute Gasteiger partial charge is 0.416 e. The van der Waals surface area contributed by atoms with Gasteiger partial charge >= 0.3 is 6.18 Å². The highest BCUT2D eigenvalue weighted by atomic mass is 32.2. The average molecular weight is 454 g/mol. The van der Waals surface area contributed by atoms with Crippen molar-refractivity contribution in [3.63, 3.8) is 0 Å². The maximum Gasteiger partial charge on any atom is 0.416 e. The van der Waals surface area contributed by atoms with Crippen molar-refractivity contribution in [2.45, 2.75) is 56.0 Å². The Labute approximate surface area is 181 Å². The number of halogens is 3. The summed E-state index contributed by atoms with van der Waals surface area (Å²) in [6, 6.07) is 9.23. The fourth-order valence-corrected chi connectivity index (χ4v) is 5.99. The number of hydrogen-bond acceptors (Lipinski definition) is 3. The van der Waals surface area contributed by atoms with Gasteiger partial charge in [-0.3, -0.25) is 4.31 Å². The van der Waals surface area contributed by atoms with Crippen LogP contribution in [0.4, 0.5) is 18.9 Å². The lowest BCUT2D eigenvalue weighted by Gasteiger charge is -2.31. The van der Waals surface area contributed by atoms with Gasteiger partial charge in [-0.05, 0) is 73.6 Å². The minimum atomic E-state index is -4.60. The molecule has 0 amide bonds. The number of fused-ring (bicyclic) bond motifs is 1. The van der Waals surface area contributed by atoms with Gasteiger partial charge in [0.1, 0.15) is 5.75 Å². The first kappa shape index (κ1) is 22.0. The normalized spacial score (nSPS) is 18.0. The van der Waals surface area contributed by atoms with Gasteiger partial charge in [-0.15, -0.1) is 0 Å². The van der Waals surface area contributed by atoms with Crippen LogP contribution in [-0.4, -0.2) is 21.6 Å². The molecule has 1 fully saturated rings. The van der Waals surface area contributed by atoms with Gasteiger partial charge in [-0.25, -0.2) is 8.42 Å². The van der Waals surface area contributed by atoms with Crippen LogP contribution in [-0.2, 0) is 22.6 Å². The van der Waals surface area contributed by atoms with Crippen LogP contribution in [0.2, 0.25) is 0 Å². The summed E-state index contributed by atoms with van der Waals surface area (Å²) in [5.41, 5.74) is 0.369. The highest BCUT2D eigenvalue weighted by molar-refractivity contribution is 7.92. The maximum absolute atomic E-state index is 13.2. The number of sulfonamides is 1. The summed E-state index contributed by atoms with van der Waals surface area (Å²) < 4.78 is 72.7. The standard InChI is InChI=1S/C23H26F3NO3S/c24-23(25,26)19-9-4-10-21(15-19)31(28,29)27-13-5-8-18-14-20(11-12-22(18)27)30-16-17-6-2-1-3-7-17/h4,9-12,14-15,17H,1-3,5-8,13,16H2. The van der Waals surface area contributed by atoms with Crippen molar-refractivity contribution in [1.82, 2.24) is 0 Å². The van der Waals surface area contributed by atoms with E-state index in [2.05, 4.69) is 0 Å². The minimum Gasteiger partial charge on any atom is -0.493 e. The van der Waals surface area contributed by atoms with Crippen LogP contribution in [0.1, 0.15) is 49.7 Å². The topological polar surface area (TPSA) is 46.6 Å². The molecule has 2 aliphatic rings. The Balaban J connectivity index is 1.56. The molecule has 0 atom stereocenters. The molecule has 1 aliphatic heterocycles. The molecule has 1 heterocycles. The number of benzene rings is 2. The summed E-state index contributed by atoms with van der Waals surface area (Å²) in [6.07, 6.45) is 2.80. The molecular formula is C23H26F3NO3S. The Kier molecular flexibility index (Phi) is 6.19. The van der Waals surface area contributed by atoms with Gasteiger partial charge in [-0.1, -0.05) is 25.3 Å². The van der Waals surface area contributed by atoms with E-state index in [1.165, 1.54) is 42.5 Å². The number of nitrogens with zero attached hydrogens (tertiary/aromatic N) is 1. The zero-order valence-corrected chi connectivity index (χ0v) is 18.0. The highest BCUT2D eigenvalue weighted by Crippen LogP contribution is 2.36. The van der Waals surface area contributed by atoms with E-state index in [0.29, 0.717) is 42.9 Å². The number of rotatable bonds is 5. The highest BCUT2D eigenvalue weighted by Gasteiger charge is 2.34. The van der Waals surface area contributed by atoms with Gasteiger partial charge in [0.25, 0.3) is 10.0 Å². The quantitative estimate of drug-likeness (QED) is 0.574. The van der Waals surface area contributed by atoms with Crippen LogP contribution in [0.5, 0.6) is 5.75 Å². The molecule has 168 valence electrons. The molecular weight excluding hydrogens is 427 g/mol. The third-order valence-corrected chi connectivity index (χ3v) is 7.90. The third-order valence-electron chi connectivity index (χ3n) is 6.09. The van der Waals surface area contributed by atoms with Gasteiger partial charge in [-0.2, -0.15) is 13.2 Å². The SMILES string of the molecule is O=S(=O)(c1cccc(C(F)(F)F)c1)N1CCCc2cc(OCC3CCCCC3)ccc21. The molecule has 0 unspecified atom stereocenters. The maximum atomic E-state index is 13.2. The average Bonchev–Trinajstić information content (AvgIpc) is 2.77. The predicted molar refractivity (Wildman–Crippen MR) is 113 cm³/mol. The molecule has 0 bridgehead atoms. The van der Waals surface area contributed by atoms with Gasteiger partial charge < -0.3 is 4.74 Å². The summed E-state index contributed by atoms with van der Waals surface area (Å²) >= 11 is 0. The molecule has 8 heteroatoms. The first-order valence-corrected chi connectivity index (χ1v) is 12.1. The first-order valence-electron chi connectivity index (χ1n) is 10.7. The molecule has 0 spiro atoms. The van der Waals surface area contributed by atoms with Crippen molar-refractivity contribution in [2.24, 2.45) is 5.92 Å². The monoisotopic (exact) mass is 453 g/mol. The predicted octanol–water partition coefficient (Wildman–Crippen LogP) is 5.81. The van der Waals surface area contributed by atoms with Crippen molar-refractivity contribution >= 4 is 15.7 Å². The van der Waals surface area contributed by atoms with Crippen molar-refractivity contribution in [3.8, 4) is 5.75 Å². The van der Waals surface area contributed by atoms with E-state index >= 15 is 0 Å². The summed E-state index contributed by atoms with van der Waals surface area (Å²) in [6.45, 7) is 0.888. The molecule has 2 aromatic carbocycles. The van der Waals surface area contributed by atoms with E-state index in [9.17, 15) is 21.6 Å². The van der Waals surface area contributed by atoms with Gasteiger partial charge in [0, 0.05) is 6.54 Å². The van der Waals surface area contributed by atoms with Crippen LogP contribution in [0.15, 0.2) is 47.4 Å². The van der Waals surface area contributed by atoms with Gasteiger partial charge in [0.05, 0.1) is 22.8 Å². The van der Waals surface area contributed by atoms with E-state index in [-0.39, 0.29) is 11.4 Å². The minimum absolute atomic E-state index is 0.230. The Bertz CT molecular complexity index is 1030. The molecule has 4 rings (SSSR count). The van der Waals surface area contributed by atoms with E-state index in [0.717, 1.165) is 17.7 Å². The van der Waals surface area contributed by atoms with Gasteiger partial charge in [0.2, 0.25) is 0 Å². The third kappa shape index (κ3) is 4.84. The number of anilines is 1. The second-order valence-corrected chi connectivity index (χ2v) is 10.2. The van der Waals surface area contributed by atoms with Crippen LogP contribution in [0, 0.1) is 5.92 Å². The molecule has 1 aliphatic carbocycles. The fraction of sp³-hybridized carbons (Fsp3) is 0.478. The molecule has 4 nitrogen and oxygen atoms in total. The number of aryl methyl sites for hydroxylation is 1. The Morgan fingerprint density at radius 3 is 2.52 bits per heavy atom. The Hall–Kier alpha value is -2.22. The first-order chi connectivity index (χ1) is 14.7. The zero-order valence-electron chi connectivity index (χ0n) is 17.2. The summed E-state index contributed by atoms with van der Waals surface area (Å²) in [7, 11) is -4.11. The molecule has 0 N–H and O–H groups in total. The van der Waals surface area contributed by atoms with Crippen molar-refractivity contribution < 1.29 is 26.3 Å². The zero-order chi connectivity index (χ0) is 22.1. The van der Waals surface area contributed by atoms with Crippen molar-refractivity contribution in [2.75, 3.05) is 17.5 Å². The van der Waals surface area contributed by atoms with Crippen LogP contribution >= 0.6 is 0 Å². The van der Waals surface area contributed by atoms with E-state index in [1.54, 1.807) is 12.1 Å². The Morgan fingerprint density at radius 1 is 1.00 bits per heavy atom. The fourth-order valence-electron chi connectivity index (χ4n) is 4.41. The van der Waals surface area contributed by atoms with E-state index in [4.69, 9.17) is 4.74 Å². The summed E-state index contributed by atoms with van der Waals surface area (Å²) in [4.78, 5) is -0.354. The second-order valence-electron chi connectivity index (χ2n) is 8.31. The van der Waals surface area contributed by atoms with Gasteiger partial charge in [0.15, 0.2) is 0 Å². The lowest BCUT2D eigenvalue weighted by molar-refractivity contribution is -0.137. The lowest BCUT2D eigenvalue weighted by atomic mass is 9.90. The second kappa shape index (κ2) is 8.73. The van der Waals surface area contributed by atoms with Crippen LogP contribution < -0.4 is 9.04 Å². The van der Waals surface area contributed by atoms with Crippen LogP contribution in [0.3, 0.4) is 0 Å². The van der Waals surface area contributed by atoms with Crippen molar-refractivity contribution in [3.05, 3.63) is 53.6 Å². The summed E-state index contributed by atoms with van der Waals surface area (Å²) in [5, 5.41) is 0. The Morgan fingerprint density at radius 2 is 1.77 bits per heavy atom. The number of hydrogen-bond donors (Lipinski definition) is 0. The summed E-state index contributed by atoms with van der Waals surface area (Å²) in [5.74, 6) is 1.27. The molecule has 0 aromatic heterocycles. The lowest BCUT2D eigenvalue weighted by Crippen LogP contribution is -2.35.